The van der Waals surface area contributed by atoms with Gasteiger partial charge in [0.25, 0.3) is 0 Å². The van der Waals surface area contributed by atoms with E-state index in [4.69, 9.17) is 0 Å². The highest BCUT2D eigenvalue weighted by atomic mass is 15.0. The van der Waals surface area contributed by atoms with Gasteiger partial charge in [0, 0.05) is 18.9 Å². The standard InChI is InChI=1S/C12H14N2.C2H6/c1-2-11-3-5-12(6-4-11)9-14-8-7-13-10-14;1-2/h3-8,10H,2,9H2,1H3;1-2H3. The number of imidazole rings is 1. The fourth-order valence-electron chi connectivity index (χ4n) is 1.47. The SMILES string of the molecule is CC.CCc1ccc(Cn2ccnc2)cc1. The first-order chi connectivity index (χ1) is 7.88. The Balaban J connectivity index is 0.000000606. The number of nitrogens with zero attached hydrogens (tertiary/aromatic N) is 2. The summed E-state index contributed by atoms with van der Waals surface area (Å²) >= 11 is 0. The van der Waals surface area contributed by atoms with Gasteiger partial charge in [-0.3, -0.25) is 0 Å². The molecule has 0 aliphatic carbocycles. The summed E-state index contributed by atoms with van der Waals surface area (Å²) in [6.07, 6.45) is 6.73. The van der Waals surface area contributed by atoms with Crippen LogP contribution in [0.1, 0.15) is 31.9 Å². The van der Waals surface area contributed by atoms with Crippen LogP contribution in [0.2, 0.25) is 0 Å². The molecular weight excluding hydrogens is 196 g/mol. The summed E-state index contributed by atoms with van der Waals surface area (Å²) in [7, 11) is 0. The van der Waals surface area contributed by atoms with Crippen LogP contribution in [-0.4, -0.2) is 9.55 Å². The molecule has 0 N–H and O–H groups in total. The molecule has 2 aromatic rings. The lowest BCUT2D eigenvalue weighted by atomic mass is 10.1. The quantitative estimate of drug-likeness (QED) is 0.767. The zero-order chi connectivity index (χ0) is 11.8. The van der Waals surface area contributed by atoms with Gasteiger partial charge < -0.3 is 4.57 Å². The van der Waals surface area contributed by atoms with Crippen molar-refractivity contribution in [2.24, 2.45) is 0 Å². The van der Waals surface area contributed by atoms with E-state index < -0.39 is 0 Å². The highest BCUT2D eigenvalue weighted by molar-refractivity contribution is 5.22. The molecule has 16 heavy (non-hydrogen) atoms. The maximum atomic E-state index is 4.02. The van der Waals surface area contributed by atoms with Gasteiger partial charge in [-0.1, -0.05) is 45.0 Å². The van der Waals surface area contributed by atoms with Crippen LogP contribution >= 0.6 is 0 Å². The molecule has 0 saturated heterocycles. The molecule has 0 atom stereocenters. The van der Waals surface area contributed by atoms with Crippen LogP contribution in [0.5, 0.6) is 0 Å². The van der Waals surface area contributed by atoms with Crippen molar-refractivity contribution >= 4 is 0 Å². The number of aryl methyl sites for hydroxylation is 1. The summed E-state index contributed by atoms with van der Waals surface area (Å²) in [6, 6.07) is 8.73. The first-order valence-electron chi connectivity index (χ1n) is 5.92. The van der Waals surface area contributed by atoms with Gasteiger partial charge in [-0.15, -0.1) is 0 Å². The normalized spacial score (nSPS) is 9.44. The Morgan fingerprint density at radius 1 is 1.06 bits per heavy atom. The maximum absolute atomic E-state index is 4.02. The Hall–Kier alpha value is -1.57. The predicted molar refractivity (Wildman–Crippen MR) is 68.5 cm³/mol. The highest BCUT2D eigenvalue weighted by Crippen LogP contribution is 2.06. The Kier molecular flexibility index (Phi) is 5.34. The Labute approximate surface area is 98.0 Å². The molecule has 1 aromatic heterocycles. The van der Waals surface area contributed by atoms with E-state index in [1.165, 1.54) is 11.1 Å². The molecule has 0 unspecified atom stereocenters. The largest absolute Gasteiger partial charge is 0.333 e. The van der Waals surface area contributed by atoms with Crippen molar-refractivity contribution in [1.29, 1.82) is 0 Å². The molecule has 2 nitrogen and oxygen atoms in total. The third-order valence-corrected chi connectivity index (χ3v) is 2.36. The molecule has 0 aliphatic rings. The van der Waals surface area contributed by atoms with Crippen molar-refractivity contribution in [3.63, 3.8) is 0 Å². The van der Waals surface area contributed by atoms with Gasteiger partial charge in [-0.05, 0) is 17.5 Å². The van der Waals surface area contributed by atoms with E-state index in [9.17, 15) is 0 Å². The molecule has 0 amide bonds. The predicted octanol–water partition coefficient (Wildman–Crippen LogP) is 3.52. The second kappa shape index (κ2) is 6.83. The van der Waals surface area contributed by atoms with E-state index in [1.54, 1.807) is 6.20 Å². The zero-order valence-corrected chi connectivity index (χ0v) is 10.4. The van der Waals surface area contributed by atoms with E-state index in [0.29, 0.717) is 0 Å². The molecule has 86 valence electrons. The average Bonchev–Trinajstić information content (AvgIpc) is 2.86. The lowest BCUT2D eigenvalue weighted by molar-refractivity contribution is 0.797. The van der Waals surface area contributed by atoms with E-state index in [2.05, 4.69) is 40.7 Å². The smallest absolute Gasteiger partial charge is 0.0949 e. The first-order valence-corrected chi connectivity index (χ1v) is 5.92. The zero-order valence-electron chi connectivity index (χ0n) is 10.4. The number of hydrogen-bond donors (Lipinski definition) is 0. The van der Waals surface area contributed by atoms with Crippen LogP contribution in [0.25, 0.3) is 0 Å². The minimum Gasteiger partial charge on any atom is -0.333 e. The van der Waals surface area contributed by atoms with Crippen LogP contribution in [0.4, 0.5) is 0 Å². The average molecular weight is 216 g/mol. The third-order valence-electron chi connectivity index (χ3n) is 2.36. The molecule has 2 heteroatoms. The van der Waals surface area contributed by atoms with E-state index >= 15 is 0 Å². The molecule has 0 aliphatic heterocycles. The summed E-state index contributed by atoms with van der Waals surface area (Å²) in [5, 5.41) is 0. The summed E-state index contributed by atoms with van der Waals surface area (Å²) in [6.45, 7) is 7.08. The molecular formula is C14H20N2. The molecule has 0 bridgehead atoms. The minimum absolute atomic E-state index is 0.907. The fraction of sp³-hybridized carbons (Fsp3) is 0.357. The Bertz CT molecular complexity index is 374. The lowest BCUT2D eigenvalue weighted by Crippen LogP contribution is -1.96. The summed E-state index contributed by atoms with van der Waals surface area (Å²) in [5.74, 6) is 0. The maximum Gasteiger partial charge on any atom is 0.0949 e. The number of benzene rings is 1. The van der Waals surface area contributed by atoms with Crippen molar-refractivity contribution in [3.8, 4) is 0 Å². The lowest BCUT2D eigenvalue weighted by Gasteiger charge is -2.03. The van der Waals surface area contributed by atoms with Gasteiger partial charge in [0.2, 0.25) is 0 Å². The number of aromatic nitrogens is 2. The number of hydrogen-bond acceptors (Lipinski definition) is 1. The molecule has 1 aromatic carbocycles. The monoisotopic (exact) mass is 216 g/mol. The summed E-state index contributed by atoms with van der Waals surface area (Å²) in [5.41, 5.74) is 2.71. The highest BCUT2D eigenvalue weighted by Gasteiger charge is 1.94. The molecule has 0 saturated carbocycles. The number of rotatable bonds is 3. The van der Waals surface area contributed by atoms with Gasteiger partial charge >= 0.3 is 0 Å². The second-order valence-corrected chi connectivity index (χ2v) is 3.41. The molecule has 0 spiro atoms. The Morgan fingerprint density at radius 2 is 1.69 bits per heavy atom. The van der Waals surface area contributed by atoms with Crippen LogP contribution < -0.4 is 0 Å². The van der Waals surface area contributed by atoms with Crippen molar-refractivity contribution in [3.05, 3.63) is 54.1 Å². The summed E-state index contributed by atoms with van der Waals surface area (Å²) < 4.78 is 2.07. The third kappa shape index (κ3) is 3.54. The van der Waals surface area contributed by atoms with Crippen LogP contribution in [0.15, 0.2) is 43.0 Å². The van der Waals surface area contributed by atoms with E-state index in [0.717, 1.165) is 13.0 Å². The second-order valence-electron chi connectivity index (χ2n) is 3.41. The van der Waals surface area contributed by atoms with Crippen molar-refractivity contribution < 1.29 is 0 Å². The summed E-state index contributed by atoms with van der Waals surface area (Å²) in [4.78, 5) is 4.02. The minimum atomic E-state index is 0.907. The van der Waals surface area contributed by atoms with Crippen molar-refractivity contribution in [2.75, 3.05) is 0 Å². The van der Waals surface area contributed by atoms with Crippen molar-refractivity contribution in [1.82, 2.24) is 9.55 Å². The fourth-order valence-corrected chi connectivity index (χ4v) is 1.47. The topological polar surface area (TPSA) is 17.8 Å². The van der Waals surface area contributed by atoms with Crippen molar-refractivity contribution in [2.45, 2.75) is 33.7 Å². The van der Waals surface area contributed by atoms with Crippen LogP contribution in [-0.2, 0) is 13.0 Å². The Morgan fingerprint density at radius 3 is 2.19 bits per heavy atom. The molecule has 0 fully saturated rings. The first kappa shape index (κ1) is 12.5. The van der Waals surface area contributed by atoms with Gasteiger partial charge in [0.1, 0.15) is 0 Å². The van der Waals surface area contributed by atoms with E-state index in [-0.39, 0.29) is 0 Å². The molecule has 0 radical (unpaired) electrons. The van der Waals surface area contributed by atoms with Gasteiger partial charge in [-0.2, -0.15) is 0 Å². The molecule has 1 heterocycles. The van der Waals surface area contributed by atoms with Crippen LogP contribution in [0.3, 0.4) is 0 Å². The van der Waals surface area contributed by atoms with Crippen LogP contribution in [0, 0.1) is 0 Å². The molecule has 2 rings (SSSR count). The van der Waals surface area contributed by atoms with Gasteiger partial charge in [-0.25, -0.2) is 4.98 Å². The van der Waals surface area contributed by atoms with Gasteiger partial charge in [0.15, 0.2) is 0 Å². The van der Waals surface area contributed by atoms with Gasteiger partial charge in [0.05, 0.1) is 6.33 Å². The van der Waals surface area contributed by atoms with E-state index in [1.807, 2.05) is 26.4 Å².